The number of aromatic nitrogens is 2. The average molecular weight is 491 g/mol. The number of halogens is 1. The molecule has 4 rings (SSSR count). The van der Waals surface area contributed by atoms with Crippen LogP contribution in [0.3, 0.4) is 0 Å². The number of hydrogen-bond acceptors (Lipinski definition) is 3. The fourth-order valence-corrected chi connectivity index (χ4v) is 5.72. The van der Waals surface area contributed by atoms with Crippen molar-refractivity contribution in [3.8, 4) is 0 Å². The SMILES string of the molecule is IC1CCC(Nc2cc(C3CCCCCCCCC3)cc3nccnc23)CC1. The fourth-order valence-electron chi connectivity index (χ4n) is 5.00. The van der Waals surface area contributed by atoms with E-state index in [2.05, 4.69) is 50.0 Å². The van der Waals surface area contributed by atoms with E-state index in [1.165, 1.54) is 94.7 Å². The molecule has 0 bridgehead atoms. The summed E-state index contributed by atoms with van der Waals surface area (Å²) in [6.45, 7) is 0. The molecule has 2 fully saturated rings. The molecular weight excluding hydrogens is 457 g/mol. The lowest BCUT2D eigenvalue weighted by molar-refractivity contribution is 0.462. The van der Waals surface area contributed by atoms with Crippen molar-refractivity contribution in [2.75, 3.05) is 5.32 Å². The van der Waals surface area contributed by atoms with Crippen molar-refractivity contribution in [3.63, 3.8) is 0 Å². The predicted octanol–water partition coefficient (Wildman–Crippen LogP) is 7.40. The van der Waals surface area contributed by atoms with E-state index < -0.39 is 0 Å². The Bertz CT molecular complexity index is 745. The standard InChI is InChI=1S/C24H34IN3/c25-20-10-12-21(13-11-20)28-23-17-19(16-22-24(23)27-15-14-26-22)18-8-6-4-2-1-3-5-7-9-18/h14-18,20-21,28H,1-13H2. The maximum Gasteiger partial charge on any atom is 0.112 e. The van der Waals surface area contributed by atoms with E-state index in [1.807, 2.05) is 12.4 Å². The number of rotatable bonds is 3. The zero-order valence-corrected chi connectivity index (χ0v) is 19.2. The highest BCUT2D eigenvalue weighted by Crippen LogP contribution is 2.35. The van der Waals surface area contributed by atoms with Gasteiger partial charge in [-0.1, -0.05) is 67.5 Å². The summed E-state index contributed by atoms with van der Waals surface area (Å²) in [5.74, 6) is 0.676. The predicted molar refractivity (Wildman–Crippen MR) is 128 cm³/mol. The lowest BCUT2D eigenvalue weighted by atomic mass is 9.86. The number of hydrogen-bond donors (Lipinski definition) is 1. The van der Waals surface area contributed by atoms with Crippen LogP contribution in [0, 0.1) is 0 Å². The van der Waals surface area contributed by atoms with E-state index in [-0.39, 0.29) is 0 Å². The molecule has 0 aliphatic heterocycles. The Hall–Kier alpha value is -0.910. The Kier molecular flexibility index (Phi) is 7.43. The minimum atomic E-state index is 0.579. The number of fused-ring (bicyclic) bond motifs is 1. The van der Waals surface area contributed by atoms with E-state index in [0.29, 0.717) is 12.0 Å². The quantitative estimate of drug-likeness (QED) is 0.359. The molecule has 2 aliphatic carbocycles. The van der Waals surface area contributed by atoms with Crippen LogP contribution in [0.15, 0.2) is 24.5 Å². The van der Waals surface area contributed by atoms with Crippen LogP contribution >= 0.6 is 22.6 Å². The van der Waals surface area contributed by atoms with Crippen molar-refractivity contribution in [3.05, 3.63) is 30.1 Å². The summed E-state index contributed by atoms with van der Waals surface area (Å²) in [6.07, 6.45) is 21.3. The van der Waals surface area contributed by atoms with E-state index in [1.54, 1.807) is 0 Å². The molecule has 4 heteroatoms. The summed E-state index contributed by atoms with van der Waals surface area (Å²) in [4.78, 5) is 9.36. The van der Waals surface area contributed by atoms with Crippen molar-refractivity contribution in [1.29, 1.82) is 0 Å². The summed E-state index contributed by atoms with van der Waals surface area (Å²) in [6, 6.07) is 5.32. The van der Waals surface area contributed by atoms with Gasteiger partial charge in [0.1, 0.15) is 5.52 Å². The van der Waals surface area contributed by atoms with Crippen LogP contribution in [0.5, 0.6) is 0 Å². The highest BCUT2D eigenvalue weighted by atomic mass is 127. The number of benzene rings is 1. The van der Waals surface area contributed by atoms with Crippen molar-refractivity contribution < 1.29 is 0 Å². The van der Waals surface area contributed by atoms with Gasteiger partial charge in [0.05, 0.1) is 11.2 Å². The normalized spacial score (nSPS) is 25.5. The van der Waals surface area contributed by atoms with Gasteiger partial charge in [0, 0.05) is 22.4 Å². The zero-order valence-electron chi connectivity index (χ0n) is 17.0. The molecule has 1 heterocycles. The lowest BCUT2D eigenvalue weighted by Crippen LogP contribution is -2.26. The molecule has 3 nitrogen and oxygen atoms in total. The minimum Gasteiger partial charge on any atom is -0.380 e. The third-order valence-corrected chi connectivity index (χ3v) is 7.93. The van der Waals surface area contributed by atoms with Gasteiger partial charge in [-0.15, -0.1) is 0 Å². The summed E-state index contributed by atoms with van der Waals surface area (Å²) in [5.41, 5.74) is 4.80. The Morgan fingerprint density at radius 2 is 1.39 bits per heavy atom. The van der Waals surface area contributed by atoms with Crippen LogP contribution in [0.4, 0.5) is 5.69 Å². The molecule has 0 atom stereocenters. The van der Waals surface area contributed by atoms with Gasteiger partial charge in [0.15, 0.2) is 0 Å². The summed E-state index contributed by atoms with van der Waals surface area (Å²) >= 11 is 2.61. The summed E-state index contributed by atoms with van der Waals surface area (Å²) in [7, 11) is 0. The first-order valence-electron chi connectivity index (χ1n) is 11.4. The molecule has 2 aromatic rings. The molecule has 1 N–H and O–H groups in total. The summed E-state index contributed by atoms with van der Waals surface area (Å²) < 4.78 is 0.849. The molecular formula is C24H34IN3. The molecule has 1 aromatic carbocycles. The van der Waals surface area contributed by atoms with Gasteiger partial charge < -0.3 is 5.32 Å². The maximum absolute atomic E-state index is 4.68. The molecule has 2 saturated carbocycles. The fraction of sp³-hybridized carbons (Fsp3) is 0.667. The topological polar surface area (TPSA) is 37.8 Å². The first kappa shape index (κ1) is 20.4. The van der Waals surface area contributed by atoms with E-state index in [0.717, 1.165) is 15.0 Å². The third-order valence-electron chi connectivity index (χ3n) is 6.69. The van der Waals surface area contributed by atoms with Crippen LogP contribution in [0.25, 0.3) is 11.0 Å². The molecule has 0 unspecified atom stereocenters. The van der Waals surface area contributed by atoms with Crippen molar-refractivity contribution in [1.82, 2.24) is 9.97 Å². The molecule has 0 saturated heterocycles. The average Bonchev–Trinajstić information content (AvgIpc) is 2.73. The molecule has 0 amide bonds. The molecule has 28 heavy (non-hydrogen) atoms. The Morgan fingerprint density at radius 1 is 0.750 bits per heavy atom. The highest BCUT2D eigenvalue weighted by molar-refractivity contribution is 14.1. The first-order valence-corrected chi connectivity index (χ1v) is 12.7. The maximum atomic E-state index is 4.68. The number of nitrogens with one attached hydrogen (secondary N) is 1. The Labute approximate surface area is 183 Å². The Morgan fingerprint density at radius 3 is 2.11 bits per heavy atom. The highest BCUT2D eigenvalue weighted by Gasteiger charge is 2.21. The minimum absolute atomic E-state index is 0.579. The van der Waals surface area contributed by atoms with Crippen LogP contribution in [-0.2, 0) is 0 Å². The van der Waals surface area contributed by atoms with Crippen LogP contribution in [-0.4, -0.2) is 19.9 Å². The smallest absolute Gasteiger partial charge is 0.112 e. The van der Waals surface area contributed by atoms with Crippen molar-refractivity contribution in [2.45, 2.75) is 99.4 Å². The van der Waals surface area contributed by atoms with Crippen LogP contribution < -0.4 is 5.32 Å². The van der Waals surface area contributed by atoms with Gasteiger partial charge in [-0.3, -0.25) is 9.97 Å². The second-order valence-electron chi connectivity index (χ2n) is 8.83. The van der Waals surface area contributed by atoms with Gasteiger partial charge in [0.25, 0.3) is 0 Å². The zero-order chi connectivity index (χ0) is 19.2. The molecule has 0 radical (unpaired) electrons. The van der Waals surface area contributed by atoms with Gasteiger partial charge in [-0.25, -0.2) is 0 Å². The number of anilines is 1. The second-order valence-corrected chi connectivity index (χ2v) is 10.6. The van der Waals surface area contributed by atoms with Gasteiger partial charge in [-0.05, 0) is 62.1 Å². The van der Waals surface area contributed by atoms with Gasteiger partial charge in [-0.2, -0.15) is 0 Å². The molecule has 1 aromatic heterocycles. The van der Waals surface area contributed by atoms with E-state index >= 15 is 0 Å². The third kappa shape index (κ3) is 5.37. The van der Waals surface area contributed by atoms with Gasteiger partial charge >= 0.3 is 0 Å². The number of nitrogens with zero attached hydrogens (tertiary/aromatic N) is 2. The van der Waals surface area contributed by atoms with Crippen molar-refractivity contribution >= 4 is 39.3 Å². The molecule has 2 aliphatic rings. The van der Waals surface area contributed by atoms with Crippen LogP contribution in [0.1, 0.15) is 95.0 Å². The van der Waals surface area contributed by atoms with Crippen LogP contribution in [0.2, 0.25) is 0 Å². The summed E-state index contributed by atoms with van der Waals surface area (Å²) in [5, 5.41) is 3.87. The van der Waals surface area contributed by atoms with E-state index in [9.17, 15) is 0 Å². The van der Waals surface area contributed by atoms with E-state index in [4.69, 9.17) is 0 Å². The monoisotopic (exact) mass is 491 g/mol. The molecule has 152 valence electrons. The largest absolute Gasteiger partial charge is 0.380 e. The second kappa shape index (κ2) is 10.2. The Balaban J connectivity index is 1.59. The van der Waals surface area contributed by atoms with Crippen molar-refractivity contribution in [2.24, 2.45) is 0 Å². The lowest BCUT2D eigenvalue weighted by Gasteiger charge is -2.28. The van der Waals surface area contributed by atoms with Gasteiger partial charge in [0.2, 0.25) is 0 Å². The number of alkyl halides is 1. The first-order chi connectivity index (χ1) is 13.8. The molecule has 0 spiro atoms.